The van der Waals surface area contributed by atoms with E-state index in [4.69, 9.17) is 17.0 Å². The number of anilines is 1. The summed E-state index contributed by atoms with van der Waals surface area (Å²) < 4.78 is 48.2. The van der Waals surface area contributed by atoms with Crippen molar-refractivity contribution in [2.75, 3.05) is 11.5 Å². The maximum Gasteiger partial charge on any atom is 0.387 e. The lowest BCUT2D eigenvalue weighted by molar-refractivity contribution is -0.113. The second kappa shape index (κ2) is 8.66. The summed E-state index contributed by atoms with van der Waals surface area (Å²) >= 11 is 6.36. The highest BCUT2D eigenvalue weighted by molar-refractivity contribution is 8.27. The number of carbonyl (C=O) groups excluding carboxylic acids is 1. The van der Waals surface area contributed by atoms with Crippen LogP contribution in [0.25, 0.3) is 6.08 Å². The fourth-order valence-electron chi connectivity index (χ4n) is 2.51. The van der Waals surface area contributed by atoms with E-state index < -0.39 is 12.4 Å². The van der Waals surface area contributed by atoms with Crippen LogP contribution in [0, 0.1) is 5.82 Å². The van der Waals surface area contributed by atoms with E-state index in [1.54, 1.807) is 13.0 Å². The van der Waals surface area contributed by atoms with E-state index in [-0.39, 0.29) is 24.0 Å². The lowest BCUT2D eigenvalue weighted by Gasteiger charge is -2.14. The molecule has 1 aliphatic rings. The van der Waals surface area contributed by atoms with E-state index in [1.165, 1.54) is 47.4 Å². The van der Waals surface area contributed by atoms with Crippen molar-refractivity contribution in [1.29, 1.82) is 0 Å². The van der Waals surface area contributed by atoms with Gasteiger partial charge in [-0.2, -0.15) is 8.78 Å². The normalized spacial score (nSPS) is 15.6. The Kier molecular flexibility index (Phi) is 6.25. The molecule has 0 N–H and O–H groups in total. The number of thioether (sulfide) groups is 1. The van der Waals surface area contributed by atoms with Gasteiger partial charge < -0.3 is 9.47 Å². The number of alkyl halides is 2. The van der Waals surface area contributed by atoms with Crippen LogP contribution in [0.15, 0.2) is 47.4 Å². The summed E-state index contributed by atoms with van der Waals surface area (Å²) in [7, 11) is 0. The second-order valence-electron chi connectivity index (χ2n) is 5.51. The molecule has 28 heavy (non-hydrogen) atoms. The van der Waals surface area contributed by atoms with Crippen LogP contribution in [0.1, 0.15) is 12.5 Å². The summed E-state index contributed by atoms with van der Waals surface area (Å²) in [5, 5.41) is 0. The molecule has 0 atom stereocenters. The highest BCUT2D eigenvalue weighted by Crippen LogP contribution is 2.37. The quantitative estimate of drug-likeness (QED) is 0.468. The largest absolute Gasteiger partial charge is 0.490 e. The molecule has 1 saturated heterocycles. The van der Waals surface area contributed by atoms with E-state index in [1.807, 2.05) is 0 Å². The number of benzene rings is 2. The number of thiocarbonyl (C=S) groups is 1. The molecule has 0 bridgehead atoms. The van der Waals surface area contributed by atoms with Crippen molar-refractivity contribution in [1.82, 2.24) is 0 Å². The van der Waals surface area contributed by atoms with Gasteiger partial charge in [-0.1, -0.05) is 30.0 Å². The van der Waals surface area contributed by atoms with Crippen LogP contribution in [0.2, 0.25) is 0 Å². The predicted molar refractivity (Wildman–Crippen MR) is 106 cm³/mol. The lowest BCUT2D eigenvalue weighted by atomic mass is 10.2. The number of carbonyl (C=O) groups is 1. The first-order chi connectivity index (χ1) is 13.4. The molecule has 146 valence electrons. The Labute approximate surface area is 168 Å². The van der Waals surface area contributed by atoms with E-state index in [9.17, 15) is 18.0 Å². The number of ether oxygens (including phenoxy) is 2. The van der Waals surface area contributed by atoms with Gasteiger partial charge in [0.1, 0.15) is 5.82 Å². The first-order valence-electron chi connectivity index (χ1n) is 8.14. The first-order valence-corrected chi connectivity index (χ1v) is 9.36. The topological polar surface area (TPSA) is 38.8 Å². The van der Waals surface area contributed by atoms with Gasteiger partial charge in [0, 0.05) is 0 Å². The minimum absolute atomic E-state index is 0.0899. The molecule has 3 rings (SSSR count). The summed E-state index contributed by atoms with van der Waals surface area (Å²) in [4.78, 5) is 14.4. The van der Waals surface area contributed by atoms with Crippen molar-refractivity contribution >= 4 is 46.0 Å². The molecule has 1 heterocycles. The van der Waals surface area contributed by atoms with Crippen LogP contribution < -0.4 is 14.4 Å². The average Bonchev–Trinajstić information content (AvgIpc) is 2.91. The van der Waals surface area contributed by atoms with Gasteiger partial charge in [-0.25, -0.2) is 4.39 Å². The molecule has 2 aromatic rings. The molecule has 0 saturated carbocycles. The second-order valence-corrected chi connectivity index (χ2v) is 7.19. The van der Waals surface area contributed by atoms with Gasteiger partial charge in [-0.15, -0.1) is 0 Å². The van der Waals surface area contributed by atoms with Crippen LogP contribution in [0.3, 0.4) is 0 Å². The van der Waals surface area contributed by atoms with Crippen LogP contribution >= 0.6 is 24.0 Å². The van der Waals surface area contributed by atoms with Crippen molar-refractivity contribution in [3.63, 3.8) is 0 Å². The molecule has 4 nitrogen and oxygen atoms in total. The van der Waals surface area contributed by atoms with E-state index >= 15 is 0 Å². The van der Waals surface area contributed by atoms with Crippen molar-refractivity contribution in [3.8, 4) is 11.5 Å². The number of hydrogen-bond acceptors (Lipinski definition) is 5. The van der Waals surface area contributed by atoms with Crippen molar-refractivity contribution in [2.24, 2.45) is 0 Å². The van der Waals surface area contributed by atoms with E-state index in [2.05, 4.69) is 4.74 Å². The van der Waals surface area contributed by atoms with Gasteiger partial charge in [0.05, 0.1) is 17.2 Å². The summed E-state index contributed by atoms with van der Waals surface area (Å²) in [6, 6.07) is 9.81. The Morgan fingerprint density at radius 2 is 1.89 bits per heavy atom. The fraction of sp³-hybridized carbons (Fsp3) is 0.158. The molecular formula is C19H14F3NO3S2. The van der Waals surface area contributed by atoms with E-state index in [0.29, 0.717) is 20.5 Å². The van der Waals surface area contributed by atoms with Gasteiger partial charge in [-0.3, -0.25) is 9.69 Å². The number of rotatable bonds is 6. The third kappa shape index (κ3) is 4.48. The minimum atomic E-state index is -2.97. The Morgan fingerprint density at radius 1 is 1.18 bits per heavy atom. The number of hydrogen-bond donors (Lipinski definition) is 0. The maximum absolute atomic E-state index is 13.1. The lowest BCUT2D eigenvalue weighted by Crippen LogP contribution is -2.27. The SMILES string of the molecule is CCOc1cc(/C=C2\SC(=S)N(c3ccc(F)cc3)C2=O)ccc1OC(F)F. The molecule has 0 aromatic heterocycles. The standard InChI is InChI=1S/C19H14F3NO3S2/c1-2-25-15-9-11(3-8-14(15)26-18(21)22)10-16-17(24)23(19(27)28-16)13-6-4-12(20)5-7-13/h3-10,18H,2H2,1H3/b16-10-. The van der Waals surface area contributed by atoms with Gasteiger partial charge in [0.25, 0.3) is 5.91 Å². The molecule has 2 aromatic carbocycles. The number of nitrogens with zero attached hydrogens (tertiary/aromatic N) is 1. The number of amides is 1. The van der Waals surface area contributed by atoms with Gasteiger partial charge in [0.15, 0.2) is 15.8 Å². The summed E-state index contributed by atoms with van der Waals surface area (Å²) in [6.07, 6.45) is 1.58. The van der Waals surface area contributed by atoms with Crippen LogP contribution in [0.5, 0.6) is 11.5 Å². The summed E-state index contributed by atoms with van der Waals surface area (Å²) in [5.41, 5.74) is 1.02. The number of halogens is 3. The molecule has 0 aliphatic carbocycles. The smallest absolute Gasteiger partial charge is 0.387 e. The predicted octanol–water partition coefficient (Wildman–Crippen LogP) is 5.23. The Balaban J connectivity index is 1.89. The highest BCUT2D eigenvalue weighted by Gasteiger charge is 2.33. The molecule has 9 heteroatoms. The minimum Gasteiger partial charge on any atom is -0.490 e. The molecule has 0 spiro atoms. The molecule has 1 amide bonds. The van der Waals surface area contributed by atoms with Gasteiger partial charge in [-0.05, 0) is 55.0 Å². The maximum atomic E-state index is 13.1. The third-order valence-corrected chi connectivity index (χ3v) is 4.96. The zero-order valence-electron chi connectivity index (χ0n) is 14.5. The van der Waals surface area contributed by atoms with Gasteiger partial charge in [0.2, 0.25) is 0 Å². The fourth-order valence-corrected chi connectivity index (χ4v) is 3.81. The summed E-state index contributed by atoms with van der Waals surface area (Å²) in [5.74, 6) is -0.717. The zero-order chi connectivity index (χ0) is 20.3. The van der Waals surface area contributed by atoms with Crippen molar-refractivity contribution < 1.29 is 27.4 Å². The Bertz CT molecular complexity index is 933. The van der Waals surface area contributed by atoms with E-state index in [0.717, 1.165) is 11.8 Å². The molecule has 0 unspecified atom stereocenters. The van der Waals surface area contributed by atoms with Crippen LogP contribution in [0.4, 0.5) is 18.9 Å². The molecule has 1 aliphatic heterocycles. The molecule has 1 fully saturated rings. The Hall–Kier alpha value is -2.52. The summed E-state index contributed by atoms with van der Waals surface area (Å²) in [6.45, 7) is -1.00. The third-order valence-electron chi connectivity index (χ3n) is 3.66. The first kappa shape index (κ1) is 20.2. The monoisotopic (exact) mass is 425 g/mol. The van der Waals surface area contributed by atoms with Crippen molar-refractivity contribution in [3.05, 3.63) is 58.8 Å². The van der Waals surface area contributed by atoms with Gasteiger partial charge >= 0.3 is 6.61 Å². The zero-order valence-corrected chi connectivity index (χ0v) is 16.2. The Morgan fingerprint density at radius 3 is 2.54 bits per heavy atom. The average molecular weight is 425 g/mol. The molecule has 0 radical (unpaired) electrons. The highest BCUT2D eigenvalue weighted by atomic mass is 32.2. The van der Waals surface area contributed by atoms with Crippen LogP contribution in [-0.2, 0) is 4.79 Å². The molecular weight excluding hydrogens is 411 g/mol. The van der Waals surface area contributed by atoms with Crippen molar-refractivity contribution in [2.45, 2.75) is 13.5 Å². The van der Waals surface area contributed by atoms with Crippen LogP contribution in [-0.4, -0.2) is 23.4 Å².